The summed E-state index contributed by atoms with van der Waals surface area (Å²) in [5.74, 6) is -0.938. The zero-order chi connectivity index (χ0) is 14.1. The number of sulfone groups is 1. The Bertz CT molecular complexity index is 780. The molecule has 1 heterocycles. The minimum Gasteiger partial charge on any atom is -0.410 e. The standard InChI is InChI=1S/C9H9N3O5S2/c10-19(15,16)9-12-11-8(17-9)6-18(13,14)7-4-2-1-3-5-7/h1-5H,6H2,(H2,10,15,16). The van der Waals surface area contributed by atoms with Crippen molar-refractivity contribution in [3.05, 3.63) is 36.2 Å². The Hall–Kier alpha value is -1.78. The van der Waals surface area contributed by atoms with E-state index in [2.05, 4.69) is 10.2 Å². The Morgan fingerprint density at radius 3 is 2.21 bits per heavy atom. The van der Waals surface area contributed by atoms with Gasteiger partial charge in [0.15, 0.2) is 9.84 Å². The molecule has 1 aromatic carbocycles. The van der Waals surface area contributed by atoms with Crippen LogP contribution in [0.3, 0.4) is 0 Å². The van der Waals surface area contributed by atoms with Crippen molar-refractivity contribution < 1.29 is 21.3 Å². The largest absolute Gasteiger partial charge is 0.410 e. The molecule has 0 unspecified atom stereocenters. The molecule has 19 heavy (non-hydrogen) atoms. The van der Waals surface area contributed by atoms with Crippen molar-refractivity contribution in [3.8, 4) is 0 Å². The van der Waals surface area contributed by atoms with Crippen LogP contribution in [0.25, 0.3) is 0 Å². The van der Waals surface area contributed by atoms with Gasteiger partial charge in [0.05, 0.1) is 4.90 Å². The summed E-state index contributed by atoms with van der Waals surface area (Å²) in [7, 11) is -7.81. The molecule has 0 bridgehead atoms. The monoisotopic (exact) mass is 303 g/mol. The molecule has 0 saturated carbocycles. The third-order valence-corrected chi connectivity index (χ3v) is 4.38. The maximum absolute atomic E-state index is 12.0. The fourth-order valence-corrected chi connectivity index (χ4v) is 2.83. The van der Waals surface area contributed by atoms with Crippen LogP contribution in [0.2, 0.25) is 0 Å². The maximum Gasteiger partial charge on any atom is 0.351 e. The highest BCUT2D eigenvalue weighted by Gasteiger charge is 2.22. The molecule has 0 amide bonds. The van der Waals surface area contributed by atoms with E-state index in [0.717, 1.165) is 0 Å². The fraction of sp³-hybridized carbons (Fsp3) is 0.111. The van der Waals surface area contributed by atoms with Gasteiger partial charge in [-0.05, 0) is 12.1 Å². The average Bonchev–Trinajstić information content (AvgIpc) is 2.78. The van der Waals surface area contributed by atoms with Gasteiger partial charge in [-0.2, -0.15) is 0 Å². The number of hydrogen-bond acceptors (Lipinski definition) is 7. The predicted molar refractivity (Wildman–Crippen MR) is 63.0 cm³/mol. The molecule has 0 aliphatic rings. The van der Waals surface area contributed by atoms with Crippen molar-refractivity contribution >= 4 is 19.9 Å². The summed E-state index contributed by atoms with van der Waals surface area (Å²) in [5, 5.41) is 10.5. The summed E-state index contributed by atoms with van der Waals surface area (Å²) in [6, 6.07) is 7.62. The van der Waals surface area contributed by atoms with Crippen LogP contribution >= 0.6 is 0 Å². The third-order valence-electron chi connectivity index (χ3n) is 2.11. The molecule has 0 saturated heterocycles. The van der Waals surface area contributed by atoms with E-state index < -0.39 is 30.8 Å². The first kappa shape index (κ1) is 13.6. The molecular formula is C9H9N3O5S2. The minimum absolute atomic E-state index is 0.0744. The quantitative estimate of drug-likeness (QED) is 0.818. The first-order chi connectivity index (χ1) is 8.79. The Kier molecular flexibility index (Phi) is 3.39. The molecule has 10 heteroatoms. The van der Waals surface area contributed by atoms with E-state index >= 15 is 0 Å². The predicted octanol–water partition coefficient (Wildman–Crippen LogP) is -0.309. The summed E-state index contributed by atoms with van der Waals surface area (Å²) in [5.41, 5.74) is 0. The van der Waals surface area contributed by atoms with E-state index in [1.54, 1.807) is 18.2 Å². The van der Waals surface area contributed by atoms with Gasteiger partial charge in [-0.3, -0.25) is 0 Å². The van der Waals surface area contributed by atoms with Gasteiger partial charge >= 0.3 is 5.22 Å². The second kappa shape index (κ2) is 4.72. The van der Waals surface area contributed by atoms with Gasteiger partial charge < -0.3 is 4.42 Å². The van der Waals surface area contributed by atoms with Crippen LogP contribution in [-0.4, -0.2) is 27.0 Å². The second-order valence-electron chi connectivity index (χ2n) is 3.58. The van der Waals surface area contributed by atoms with E-state index in [9.17, 15) is 16.8 Å². The molecule has 2 N–H and O–H groups in total. The molecule has 0 aliphatic carbocycles. The highest BCUT2D eigenvalue weighted by molar-refractivity contribution is 7.90. The van der Waals surface area contributed by atoms with Crippen LogP contribution < -0.4 is 5.14 Å². The first-order valence-corrected chi connectivity index (χ1v) is 8.12. The smallest absolute Gasteiger partial charge is 0.351 e. The zero-order valence-corrected chi connectivity index (χ0v) is 11.1. The van der Waals surface area contributed by atoms with Gasteiger partial charge in [-0.1, -0.05) is 23.3 Å². The number of nitrogens with two attached hydrogens (primary N) is 1. The number of primary sulfonamides is 1. The van der Waals surface area contributed by atoms with Crippen LogP contribution in [0.4, 0.5) is 0 Å². The lowest BCUT2D eigenvalue weighted by Gasteiger charge is -2.00. The Morgan fingerprint density at radius 1 is 1.05 bits per heavy atom. The van der Waals surface area contributed by atoms with Crippen molar-refractivity contribution in [1.29, 1.82) is 0 Å². The number of benzene rings is 1. The highest BCUT2D eigenvalue weighted by atomic mass is 32.2. The van der Waals surface area contributed by atoms with Crippen LogP contribution in [0, 0.1) is 0 Å². The van der Waals surface area contributed by atoms with Crippen LogP contribution in [0.15, 0.2) is 44.9 Å². The Labute approximate surface area is 109 Å². The summed E-state index contributed by atoms with van der Waals surface area (Å²) in [6.45, 7) is 0. The summed E-state index contributed by atoms with van der Waals surface area (Å²) in [4.78, 5) is 0.0744. The van der Waals surface area contributed by atoms with E-state index in [-0.39, 0.29) is 10.8 Å². The molecular weight excluding hydrogens is 294 g/mol. The van der Waals surface area contributed by atoms with Crippen molar-refractivity contribution in [3.63, 3.8) is 0 Å². The lowest BCUT2D eigenvalue weighted by Crippen LogP contribution is -2.12. The maximum atomic E-state index is 12.0. The van der Waals surface area contributed by atoms with E-state index in [1.165, 1.54) is 12.1 Å². The Balaban J connectivity index is 2.30. The van der Waals surface area contributed by atoms with Crippen molar-refractivity contribution in [2.45, 2.75) is 15.9 Å². The lowest BCUT2D eigenvalue weighted by atomic mass is 10.4. The number of aromatic nitrogens is 2. The van der Waals surface area contributed by atoms with Crippen molar-refractivity contribution in [2.75, 3.05) is 0 Å². The molecule has 0 spiro atoms. The first-order valence-electron chi connectivity index (χ1n) is 4.92. The number of hydrogen-bond donors (Lipinski definition) is 1. The van der Waals surface area contributed by atoms with Crippen LogP contribution in [0.5, 0.6) is 0 Å². The van der Waals surface area contributed by atoms with Crippen molar-refractivity contribution in [2.24, 2.45) is 5.14 Å². The molecule has 102 valence electrons. The molecule has 0 radical (unpaired) electrons. The number of nitrogens with zero attached hydrogens (tertiary/aromatic N) is 2. The molecule has 0 atom stereocenters. The normalized spacial score (nSPS) is 12.5. The number of sulfonamides is 1. The van der Waals surface area contributed by atoms with Gasteiger partial charge in [0.25, 0.3) is 10.0 Å². The van der Waals surface area contributed by atoms with E-state index in [4.69, 9.17) is 9.56 Å². The van der Waals surface area contributed by atoms with Gasteiger partial charge in [-0.25, -0.2) is 22.0 Å². The molecule has 2 rings (SSSR count). The van der Waals surface area contributed by atoms with E-state index in [0.29, 0.717) is 0 Å². The van der Waals surface area contributed by atoms with Gasteiger partial charge in [0.1, 0.15) is 5.75 Å². The third kappa shape index (κ3) is 3.16. The van der Waals surface area contributed by atoms with Crippen molar-refractivity contribution in [1.82, 2.24) is 10.2 Å². The van der Waals surface area contributed by atoms with Gasteiger partial charge in [-0.15, -0.1) is 5.10 Å². The minimum atomic E-state index is -4.14. The fourth-order valence-electron chi connectivity index (χ4n) is 1.29. The summed E-state index contributed by atoms with van der Waals surface area (Å²) in [6.07, 6.45) is 0. The Morgan fingerprint density at radius 2 is 1.68 bits per heavy atom. The molecule has 0 fully saturated rings. The highest BCUT2D eigenvalue weighted by Crippen LogP contribution is 2.16. The SMILES string of the molecule is NS(=O)(=O)c1nnc(CS(=O)(=O)c2ccccc2)o1. The summed E-state index contributed by atoms with van der Waals surface area (Å²) < 4.78 is 50.4. The van der Waals surface area contributed by atoms with Gasteiger partial charge in [0, 0.05) is 0 Å². The molecule has 0 aliphatic heterocycles. The molecule has 1 aromatic heterocycles. The topological polar surface area (TPSA) is 133 Å². The van der Waals surface area contributed by atoms with Gasteiger partial charge in [0.2, 0.25) is 5.89 Å². The average molecular weight is 303 g/mol. The zero-order valence-electron chi connectivity index (χ0n) is 9.42. The van der Waals surface area contributed by atoms with Crippen LogP contribution in [0.1, 0.15) is 5.89 Å². The number of rotatable bonds is 4. The van der Waals surface area contributed by atoms with E-state index in [1.807, 2.05) is 0 Å². The second-order valence-corrected chi connectivity index (χ2v) is 7.01. The lowest BCUT2D eigenvalue weighted by molar-refractivity contribution is 0.405. The van der Waals surface area contributed by atoms with Crippen LogP contribution in [-0.2, 0) is 25.6 Å². The molecule has 8 nitrogen and oxygen atoms in total. The summed E-state index contributed by atoms with van der Waals surface area (Å²) >= 11 is 0. The molecule has 2 aromatic rings.